The van der Waals surface area contributed by atoms with Crippen molar-refractivity contribution in [2.24, 2.45) is 0 Å². The monoisotopic (exact) mass is 340 g/mol. The van der Waals surface area contributed by atoms with Crippen molar-refractivity contribution in [3.05, 3.63) is 10.2 Å². The zero-order chi connectivity index (χ0) is 14.4. The number of aryl methyl sites for hydroxylation is 1. The summed E-state index contributed by atoms with van der Waals surface area (Å²) in [5.41, 5.74) is 1.10. The molecule has 0 spiro atoms. The lowest BCUT2D eigenvalue weighted by atomic mass is 10.2. The number of aromatic nitrogens is 2. The third kappa shape index (κ3) is 3.84. The minimum absolute atomic E-state index is 0.894. The third-order valence-corrected chi connectivity index (χ3v) is 4.51. The number of anilines is 2. The first kappa shape index (κ1) is 15.5. The predicted octanol–water partition coefficient (Wildman–Crippen LogP) is 4.00. The molecule has 20 heavy (non-hydrogen) atoms. The third-order valence-electron chi connectivity index (χ3n) is 3.67. The van der Waals surface area contributed by atoms with Gasteiger partial charge in [-0.1, -0.05) is 26.7 Å². The molecule has 0 atom stereocenters. The Bertz CT molecular complexity index is 428. The van der Waals surface area contributed by atoms with E-state index >= 15 is 0 Å². The summed E-state index contributed by atoms with van der Waals surface area (Å²) in [6.07, 6.45) is 7.17. The van der Waals surface area contributed by atoms with E-state index in [0.717, 1.165) is 54.4 Å². The summed E-state index contributed by atoms with van der Waals surface area (Å²) < 4.78 is 1.02. The van der Waals surface area contributed by atoms with Crippen LogP contribution >= 0.6 is 15.9 Å². The molecular formula is C15H25BrN4. The van der Waals surface area contributed by atoms with Gasteiger partial charge in [-0.15, -0.1) is 0 Å². The van der Waals surface area contributed by atoms with Gasteiger partial charge in [-0.05, 0) is 41.6 Å². The van der Waals surface area contributed by atoms with E-state index in [-0.39, 0.29) is 0 Å². The van der Waals surface area contributed by atoms with E-state index in [1.54, 1.807) is 0 Å². The fourth-order valence-electron chi connectivity index (χ4n) is 2.49. The maximum absolute atomic E-state index is 4.75. The molecule has 2 rings (SSSR count). The normalized spacial score (nSPS) is 16.1. The molecule has 0 unspecified atom stereocenters. The van der Waals surface area contributed by atoms with Gasteiger partial charge in [0.1, 0.15) is 5.82 Å². The van der Waals surface area contributed by atoms with Crippen LogP contribution in [-0.2, 0) is 6.42 Å². The molecule has 1 aromatic rings. The van der Waals surface area contributed by atoms with E-state index in [0.29, 0.717) is 0 Å². The predicted molar refractivity (Wildman–Crippen MR) is 88.6 cm³/mol. The van der Waals surface area contributed by atoms with Crippen molar-refractivity contribution in [3.8, 4) is 0 Å². The Morgan fingerprint density at radius 3 is 2.40 bits per heavy atom. The molecule has 1 aliphatic rings. The second-order valence-corrected chi connectivity index (χ2v) is 6.11. The Morgan fingerprint density at radius 1 is 1.10 bits per heavy atom. The van der Waals surface area contributed by atoms with Crippen LogP contribution in [0.1, 0.15) is 51.6 Å². The van der Waals surface area contributed by atoms with Crippen molar-refractivity contribution in [3.63, 3.8) is 0 Å². The summed E-state index contributed by atoms with van der Waals surface area (Å²) in [7, 11) is 0. The van der Waals surface area contributed by atoms with Gasteiger partial charge in [-0.3, -0.25) is 0 Å². The number of halogens is 1. The van der Waals surface area contributed by atoms with E-state index < -0.39 is 0 Å². The van der Waals surface area contributed by atoms with Gasteiger partial charge >= 0.3 is 0 Å². The van der Waals surface area contributed by atoms with Crippen LogP contribution in [-0.4, -0.2) is 29.6 Å². The summed E-state index contributed by atoms with van der Waals surface area (Å²) in [6, 6.07) is 0. The Morgan fingerprint density at radius 2 is 1.80 bits per heavy atom. The molecule has 0 aliphatic carbocycles. The molecule has 1 fully saturated rings. The van der Waals surface area contributed by atoms with Gasteiger partial charge in [0.2, 0.25) is 5.95 Å². The lowest BCUT2D eigenvalue weighted by molar-refractivity contribution is 0.726. The summed E-state index contributed by atoms with van der Waals surface area (Å²) >= 11 is 3.64. The van der Waals surface area contributed by atoms with Crippen LogP contribution in [0.4, 0.5) is 11.8 Å². The number of nitrogens with one attached hydrogen (secondary N) is 1. The van der Waals surface area contributed by atoms with Crippen LogP contribution in [0.5, 0.6) is 0 Å². The van der Waals surface area contributed by atoms with Gasteiger partial charge in [0.25, 0.3) is 0 Å². The van der Waals surface area contributed by atoms with E-state index in [9.17, 15) is 0 Å². The lowest BCUT2D eigenvalue weighted by Crippen LogP contribution is -2.27. The SMILES string of the molecule is CCCNc1nc(N2CCCCCC2)nc(CC)c1Br. The van der Waals surface area contributed by atoms with Crippen molar-refractivity contribution >= 4 is 27.7 Å². The lowest BCUT2D eigenvalue weighted by Gasteiger charge is -2.22. The Kier molecular flexibility index (Phi) is 6.07. The molecule has 0 bridgehead atoms. The van der Waals surface area contributed by atoms with Crippen molar-refractivity contribution in [2.45, 2.75) is 52.4 Å². The van der Waals surface area contributed by atoms with Crippen molar-refractivity contribution in [1.82, 2.24) is 9.97 Å². The van der Waals surface area contributed by atoms with Crippen LogP contribution in [0.15, 0.2) is 4.47 Å². The minimum Gasteiger partial charge on any atom is -0.369 e. The van der Waals surface area contributed by atoms with E-state index in [1.807, 2.05) is 0 Å². The zero-order valence-corrected chi connectivity index (χ0v) is 14.2. The Hall–Kier alpha value is -0.840. The highest BCUT2D eigenvalue weighted by molar-refractivity contribution is 9.10. The zero-order valence-electron chi connectivity index (χ0n) is 12.6. The highest BCUT2D eigenvalue weighted by Gasteiger charge is 2.17. The van der Waals surface area contributed by atoms with Gasteiger partial charge in [-0.25, -0.2) is 4.98 Å². The molecule has 1 saturated heterocycles. The van der Waals surface area contributed by atoms with Crippen LogP contribution in [0.3, 0.4) is 0 Å². The molecule has 0 radical (unpaired) electrons. The van der Waals surface area contributed by atoms with E-state index in [4.69, 9.17) is 9.97 Å². The summed E-state index contributed by atoms with van der Waals surface area (Å²) in [5.74, 6) is 1.84. The second-order valence-electron chi connectivity index (χ2n) is 5.31. The number of hydrogen-bond donors (Lipinski definition) is 1. The summed E-state index contributed by atoms with van der Waals surface area (Å²) in [5, 5.41) is 3.41. The maximum atomic E-state index is 4.75. The number of nitrogens with zero attached hydrogens (tertiary/aromatic N) is 3. The minimum atomic E-state index is 0.894. The fourth-order valence-corrected chi connectivity index (χ4v) is 3.09. The molecule has 0 amide bonds. The van der Waals surface area contributed by atoms with Crippen LogP contribution in [0.25, 0.3) is 0 Å². The van der Waals surface area contributed by atoms with Crippen LogP contribution in [0, 0.1) is 0 Å². The second kappa shape index (κ2) is 7.81. The molecule has 1 aliphatic heterocycles. The van der Waals surface area contributed by atoms with E-state index in [1.165, 1.54) is 25.7 Å². The summed E-state index contributed by atoms with van der Waals surface area (Å²) in [4.78, 5) is 11.8. The smallest absolute Gasteiger partial charge is 0.227 e. The quantitative estimate of drug-likeness (QED) is 0.879. The van der Waals surface area contributed by atoms with Crippen molar-refractivity contribution in [1.29, 1.82) is 0 Å². The molecule has 1 aromatic heterocycles. The molecule has 4 nitrogen and oxygen atoms in total. The molecule has 112 valence electrons. The van der Waals surface area contributed by atoms with Crippen LogP contribution < -0.4 is 10.2 Å². The molecule has 0 aromatic carbocycles. The fraction of sp³-hybridized carbons (Fsp3) is 0.733. The first-order chi connectivity index (χ1) is 9.76. The first-order valence-corrected chi connectivity index (χ1v) is 8.60. The molecule has 1 N–H and O–H groups in total. The number of rotatable bonds is 5. The summed E-state index contributed by atoms with van der Waals surface area (Å²) in [6.45, 7) is 7.41. The average Bonchev–Trinajstić information content (AvgIpc) is 2.75. The topological polar surface area (TPSA) is 41.1 Å². The van der Waals surface area contributed by atoms with Crippen LogP contribution in [0.2, 0.25) is 0 Å². The van der Waals surface area contributed by atoms with Gasteiger partial charge in [0, 0.05) is 19.6 Å². The molecule has 2 heterocycles. The van der Waals surface area contributed by atoms with Gasteiger partial charge in [0.05, 0.1) is 10.2 Å². The number of hydrogen-bond acceptors (Lipinski definition) is 4. The first-order valence-electron chi connectivity index (χ1n) is 7.81. The highest BCUT2D eigenvalue weighted by Crippen LogP contribution is 2.27. The van der Waals surface area contributed by atoms with Gasteiger partial charge < -0.3 is 10.2 Å². The highest BCUT2D eigenvalue weighted by atomic mass is 79.9. The van der Waals surface area contributed by atoms with Crippen molar-refractivity contribution in [2.75, 3.05) is 29.9 Å². The van der Waals surface area contributed by atoms with Crippen molar-refractivity contribution < 1.29 is 0 Å². The Balaban J connectivity index is 2.26. The van der Waals surface area contributed by atoms with Gasteiger partial charge in [-0.2, -0.15) is 4.98 Å². The Labute approximate surface area is 130 Å². The average molecular weight is 341 g/mol. The van der Waals surface area contributed by atoms with Gasteiger partial charge in [0.15, 0.2) is 0 Å². The standard InChI is InChI=1S/C15H25BrN4/c1-3-9-17-14-13(16)12(4-2)18-15(19-14)20-10-7-5-6-8-11-20/h3-11H2,1-2H3,(H,17,18,19). The molecule has 0 saturated carbocycles. The largest absolute Gasteiger partial charge is 0.369 e. The molecule has 5 heteroatoms. The molecular weight excluding hydrogens is 316 g/mol. The maximum Gasteiger partial charge on any atom is 0.227 e. The van der Waals surface area contributed by atoms with E-state index in [2.05, 4.69) is 40.0 Å².